The fourth-order valence-corrected chi connectivity index (χ4v) is 5.82. The lowest BCUT2D eigenvalue weighted by Crippen LogP contribution is -2.51. The number of halogens is 3. The molecule has 2 amide bonds. The molecule has 0 aliphatic carbocycles. The highest BCUT2D eigenvalue weighted by Gasteiger charge is 2.53. The molecule has 39 heavy (non-hydrogen) atoms. The zero-order chi connectivity index (χ0) is 28.2. The monoisotopic (exact) mass is 535 g/mol. The number of aromatic nitrogens is 1. The van der Waals surface area contributed by atoms with E-state index in [1.165, 1.54) is 16.8 Å². The van der Waals surface area contributed by atoms with E-state index in [9.17, 15) is 28.0 Å². The maximum atomic E-state index is 14.3. The summed E-state index contributed by atoms with van der Waals surface area (Å²) >= 11 is 0. The minimum atomic E-state index is -1.38. The summed E-state index contributed by atoms with van der Waals surface area (Å²) in [6.45, 7) is 8.21. The minimum Gasteiger partial charge on any atom is -0.358 e. The molecule has 1 fully saturated rings. The number of likely N-dealkylation sites (N-methyl/N-ethyl adjacent to an activating group) is 1. The van der Waals surface area contributed by atoms with Gasteiger partial charge in [0, 0.05) is 36.4 Å². The quantitative estimate of drug-likeness (QED) is 0.446. The van der Waals surface area contributed by atoms with Crippen molar-refractivity contribution in [2.75, 3.05) is 18.9 Å². The van der Waals surface area contributed by atoms with E-state index in [1.807, 2.05) is 38.1 Å². The average Bonchev–Trinajstić information content (AvgIpc) is 3.60. The van der Waals surface area contributed by atoms with Crippen molar-refractivity contribution in [1.29, 1.82) is 5.26 Å². The van der Waals surface area contributed by atoms with Crippen LogP contribution >= 0.6 is 0 Å². The first-order chi connectivity index (χ1) is 18.5. The number of carbonyl (C=O) groups is 2. The number of nitrogens with one attached hydrogen (secondary N) is 2. The Hall–Kier alpha value is -4.26. The first kappa shape index (κ1) is 26.4. The molecule has 3 heterocycles. The molecule has 3 aromatic rings. The molecule has 0 bridgehead atoms. The van der Waals surface area contributed by atoms with Crippen LogP contribution < -0.4 is 5.32 Å². The SMILES string of the molecule is C=C1Nc2ccccc2[C@@]12C[C@@H](C#N)N(C(=O)[C@H](CC(C)C)N(C)C(=O)c1cc3c(F)cc(F)c(F)c3[nH]1)C2. The number of anilines is 1. The lowest BCUT2D eigenvalue weighted by Gasteiger charge is -2.33. The van der Waals surface area contributed by atoms with E-state index in [2.05, 4.69) is 22.9 Å². The second-order valence-electron chi connectivity index (χ2n) is 10.7. The van der Waals surface area contributed by atoms with E-state index in [0.717, 1.165) is 17.3 Å². The predicted octanol–water partition coefficient (Wildman–Crippen LogP) is 5.07. The molecule has 0 radical (unpaired) electrons. The van der Waals surface area contributed by atoms with Gasteiger partial charge in [-0.25, -0.2) is 13.2 Å². The molecule has 1 spiro atoms. The third-order valence-electron chi connectivity index (χ3n) is 7.85. The Morgan fingerprint density at radius 2 is 1.95 bits per heavy atom. The number of hydrogen-bond acceptors (Lipinski definition) is 4. The Labute approximate surface area is 223 Å². The highest BCUT2D eigenvalue weighted by Crippen LogP contribution is 2.50. The number of benzene rings is 2. The number of para-hydroxylation sites is 1. The number of amides is 2. The van der Waals surface area contributed by atoms with Crippen LogP contribution in [0.3, 0.4) is 0 Å². The van der Waals surface area contributed by atoms with Crippen LogP contribution in [0.2, 0.25) is 0 Å². The smallest absolute Gasteiger partial charge is 0.270 e. The van der Waals surface area contributed by atoms with Crippen molar-refractivity contribution in [1.82, 2.24) is 14.8 Å². The Bertz CT molecular complexity index is 1560. The van der Waals surface area contributed by atoms with Crippen LogP contribution in [0.15, 0.2) is 48.7 Å². The maximum Gasteiger partial charge on any atom is 0.270 e. The second kappa shape index (κ2) is 9.49. The zero-order valence-electron chi connectivity index (χ0n) is 21.8. The number of nitriles is 1. The van der Waals surface area contributed by atoms with Crippen LogP contribution in [0.4, 0.5) is 18.9 Å². The van der Waals surface area contributed by atoms with E-state index in [-0.39, 0.29) is 30.0 Å². The Morgan fingerprint density at radius 1 is 1.23 bits per heavy atom. The lowest BCUT2D eigenvalue weighted by molar-refractivity contribution is -0.136. The molecule has 1 aromatic heterocycles. The molecular formula is C29H28F3N5O2. The fraction of sp³-hybridized carbons (Fsp3) is 0.345. The van der Waals surface area contributed by atoms with Gasteiger partial charge in [-0.2, -0.15) is 5.26 Å². The number of nitrogens with zero attached hydrogens (tertiary/aromatic N) is 3. The van der Waals surface area contributed by atoms with Crippen molar-refractivity contribution in [3.8, 4) is 6.07 Å². The van der Waals surface area contributed by atoms with E-state index >= 15 is 0 Å². The molecule has 202 valence electrons. The molecular weight excluding hydrogens is 507 g/mol. The van der Waals surface area contributed by atoms with Gasteiger partial charge in [0.2, 0.25) is 5.91 Å². The third kappa shape index (κ3) is 4.13. The summed E-state index contributed by atoms with van der Waals surface area (Å²) in [7, 11) is 1.44. The Kier molecular flexibility index (Phi) is 6.41. The third-order valence-corrected chi connectivity index (χ3v) is 7.85. The van der Waals surface area contributed by atoms with Gasteiger partial charge in [0.05, 0.1) is 17.0 Å². The highest BCUT2D eigenvalue weighted by atomic mass is 19.2. The van der Waals surface area contributed by atoms with Crippen molar-refractivity contribution in [3.63, 3.8) is 0 Å². The second-order valence-corrected chi connectivity index (χ2v) is 10.7. The van der Waals surface area contributed by atoms with E-state index in [0.29, 0.717) is 18.2 Å². The van der Waals surface area contributed by atoms with Crippen molar-refractivity contribution >= 4 is 28.4 Å². The number of likely N-dealkylation sites (tertiary alicyclic amines) is 1. The average molecular weight is 536 g/mol. The van der Waals surface area contributed by atoms with Gasteiger partial charge >= 0.3 is 0 Å². The summed E-state index contributed by atoms with van der Waals surface area (Å²) in [5, 5.41) is 13.0. The van der Waals surface area contributed by atoms with E-state index in [4.69, 9.17) is 0 Å². The predicted molar refractivity (Wildman–Crippen MR) is 140 cm³/mol. The maximum absolute atomic E-state index is 14.3. The van der Waals surface area contributed by atoms with Crippen LogP contribution in [0.1, 0.15) is 42.7 Å². The zero-order valence-corrected chi connectivity index (χ0v) is 21.8. The summed E-state index contributed by atoms with van der Waals surface area (Å²) in [6.07, 6.45) is 0.645. The van der Waals surface area contributed by atoms with Crippen molar-refractivity contribution in [3.05, 3.63) is 77.4 Å². The van der Waals surface area contributed by atoms with Crippen LogP contribution in [0.25, 0.3) is 10.9 Å². The number of hydrogen-bond donors (Lipinski definition) is 2. The van der Waals surface area contributed by atoms with Crippen molar-refractivity contribution in [2.45, 2.75) is 44.2 Å². The van der Waals surface area contributed by atoms with Crippen LogP contribution in [0.5, 0.6) is 0 Å². The summed E-state index contributed by atoms with van der Waals surface area (Å²) < 4.78 is 42.3. The van der Waals surface area contributed by atoms with Crippen LogP contribution in [-0.2, 0) is 10.2 Å². The number of carbonyl (C=O) groups excluding carboxylic acids is 2. The van der Waals surface area contributed by atoms with Crippen LogP contribution in [0, 0.1) is 34.7 Å². The lowest BCUT2D eigenvalue weighted by atomic mass is 9.78. The topological polar surface area (TPSA) is 92.2 Å². The standard InChI is InChI=1S/C29H28F3N5O2/c1-15(2)9-24(36(4)27(38)23-10-18-20(30)11-21(31)25(32)26(18)35-23)28(39)37-14-29(12-17(37)13-33)16(3)34-22-8-6-5-7-19(22)29/h5-8,10-11,15,17,24,34-35H,3,9,12,14H2,1-2,4H3/t17-,24-,29+/m0/s1. The van der Waals surface area contributed by atoms with Crippen LogP contribution in [-0.4, -0.2) is 52.3 Å². The molecule has 2 aliphatic rings. The molecule has 3 atom stereocenters. The molecule has 5 rings (SSSR count). The Morgan fingerprint density at radius 3 is 2.64 bits per heavy atom. The minimum absolute atomic E-state index is 0.00170. The summed E-state index contributed by atoms with van der Waals surface area (Å²) in [4.78, 5) is 32.7. The number of aromatic amines is 1. The van der Waals surface area contributed by atoms with E-state index in [1.54, 1.807) is 0 Å². The van der Waals surface area contributed by atoms with Gasteiger partial charge in [0.1, 0.15) is 23.6 Å². The molecule has 1 saturated heterocycles. The molecule has 10 heteroatoms. The summed E-state index contributed by atoms with van der Waals surface area (Å²) in [6, 6.07) is 9.75. The fourth-order valence-electron chi connectivity index (χ4n) is 5.82. The van der Waals surface area contributed by atoms with Gasteiger partial charge in [0.25, 0.3) is 5.91 Å². The van der Waals surface area contributed by atoms with Gasteiger partial charge in [-0.1, -0.05) is 38.6 Å². The molecule has 2 aliphatic heterocycles. The Balaban J connectivity index is 1.48. The van der Waals surface area contributed by atoms with Gasteiger partial charge < -0.3 is 20.1 Å². The molecule has 0 unspecified atom stereocenters. The molecule has 2 N–H and O–H groups in total. The molecule has 2 aromatic carbocycles. The molecule has 0 saturated carbocycles. The number of rotatable bonds is 5. The number of H-pyrrole nitrogens is 1. The number of fused-ring (bicyclic) bond motifs is 3. The largest absolute Gasteiger partial charge is 0.358 e. The molecule has 7 nitrogen and oxygen atoms in total. The summed E-state index contributed by atoms with van der Waals surface area (Å²) in [5.41, 5.74) is 1.26. The van der Waals surface area contributed by atoms with Gasteiger partial charge in [-0.3, -0.25) is 9.59 Å². The first-order valence-electron chi connectivity index (χ1n) is 12.7. The first-order valence-corrected chi connectivity index (χ1v) is 12.7. The van der Waals surface area contributed by atoms with Gasteiger partial charge in [0.15, 0.2) is 11.6 Å². The normalized spacial score (nSPS) is 20.8. The van der Waals surface area contributed by atoms with Gasteiger partial charge in [-0.05, 0) is 36.5 Å². The summed E-state index contributed by atoms with van der Waals surface area (Å²) in [5.74, 6) is -4.78. The highest BCUT2D eigenvalue weighted by molar-refractivity contribution is 6.00. The van der Waals surface area contributed by atoms with Crippen molar-refractivity contribution in [2.24, 2.45) is 5.92 Å². The van der Waals surface area contributed by atoms with Crippen molar-refractivity contribution < 1.29 is 22.8 Å². The van der Waals surface area contributed by atoms with E-state index < -0.39 is 52.3 Å². The van der Waals surface area contributed by atoms with Gasteiger partial charge in [-0.15, -0.1) is 0 Å².